The van der Waals surface area contributed by atoms with Crippen LogP contribution >= 0.6 is 0 Å². The lowest BCUT2D eigenvalue weighted by molar-refractivity contribution is -0.134. The third-order valence-electron chi connectivity index (χ3n) is 4.88. The molecule has 1 unspecified atom stereocenters. The van der Waals surface area contributed by atoms with Gasteiger partial charge in [0, 0.05) is 18.4 Å². The summed E-state index contributed by atoms with van der Waals surface area (Å²) in [6, 6.07) is 6.02. The molecule has 1 atom stereocenters. The number of nitrogens with one attached hydrogen (secondary N) is 1. The highest BCUT2D eigenvalue weighted by atomic mass is 32.2. The van der Waals surface area contributed by atoms with Gasteiger partial charge in [-0.3, -0.25) is 0 Å². The van der Waals surface area contributed by atoms with Crippen molar-refractivity contribution in [2.24, 2.45) is 5.92 Å². The maximum absolute atomic E-state index is 12.7. The van der Waals surface area contributed by atoms with Gasteiger partial charge in [-0.05, 0) is 56.0 Å². The Labute approximate surface area is 188 Å². The highest BCUT2D eigenvalue weighted by molar-refractivity contribution is 7.91. The van der Waals surface area contributed by atoms with E-state index in [2.05, 4.69) is 11.9 Å². The molecule has 2 rings (SSSR count). The average Bonchev–Trinajstić information content (AvgIpc) is 2.72. The minimum atomic E-state index is -3.36. The van der Waals surface area contributed by atoms with E-state index in [4.69, 9.17) is 10.2 Å². The highest BCUT2D eigenvalue weighted by Crippen LogP contribution is 2.28. The second-order valence-electron chi connectivity index (χ2n) is 7.36. The number of rotatable bonds is 9. The molecule has 0 spiro atoms. The second-order valence-corrected chi connectivity index (χ2v) is 11.6. The summed E-state index contributed by atoms with van der Waals surface area (Å²) < 4.78 is 48.4. The standard InChI is InChI=1S/C17H25NO4S2.C4H4O4/c1-3-17(15-4-6-16(7-5-15)23(2,19)20)24(21,22)13-10-14-8-11-18-12-9-14;5-3(6)1-2-4(7)8/h3-7,14,17-18H,1,8-13H2,2H3;1-2H,(H,5,6)(H,7,8)/b;2-1-. The van der Waals surface area contributed by atoms with Gasteiger partial charge in [-0.25, -0.2) is 26.4 Å². The van der Waals surface area contributed by atoms with Gasteiger partial charge in [-0.1, -0.05) is 18.2 Å². The van der Waals surface area contributed by atoms with E-state index in [0.29, 0.717) is 30.1 Å². The zero-order chi connectivity index (χ0) is 24.4. The molecule has 1 aromatic carbocycles. The zero-order valence-electron chi connectivity index (χ0n) is 17.8. The molecule has 0 aromatic heterocycles. The largest absolute Gasteiger partial charge is 0.478 e. The quantitative estimate of drug-likeness (QED) is 0.349. The Morgan fingerprint density at radius 1 is 1.06 bits per heavy atom. The molecule has 1 heterocycles. The lowest BCUT2D eigenvalue weighted by Crippen LogP contribution is -2.29. The number of sulfone groups is 2. The van der Waals surface area contributed by atoms with Crippen molar-refractivity contribution in [2.45, 2.75) is 29.4 Å². The Kier molecular flexibility index (Phi) is 10.8. The van der Waals surface area contributed by atoms with Crippen molar-refractivity contribution >= 4 is 31.6 Å². The lowest BCUT2D eigenvalue weighted by atomic mass is 9.96. The molecule has 9 nitrogen and oxygen atoms in total. The molecule has 0 bridgehead atoms. The molecule has 1 saturated heterocycles. The van der Waals surface area contributed by atoms with E-state index in [1.54, 1.807) is 12.1 Å². The fourth-order valence-electron chi connectivity index (χ4n) is 3.17. The molecule has 0 radical (unpaired) electrons. The van der Waals surface area contributed by atoms with E-state index in [9.17, 15) is 26.4 Å². The van der Waals surface area contributed by atoms with Crippen molar-refractivity contribution in [1.82, 2.24) is 5.32 Å². The first kappa shape index (κ1) is 27.5. The van der Waals surface area contributed by atoms with Gasteiger partial charge in [-0.15, -0.1) is 6.58 Å². The van der Waals surface area contributed by atoms with Crippen molar-refractivity contribution in [3.05, 3.63) is 54.6 Å². The monoisotopic (exact) mass is 487 g/mol. The third-order valence-corrected chi connectivity index (χ3v) is 8.05. The number of carboxylic acid groups (broad SMARTS) is 2. The smallest absolute Gasteiger partial charge is 0.328 e. The van der Waals surface area contributed by atoms with Crippen LogP contribution in [0.3, 0.4) is 0 Å². The number of hydrogen-bond donors (Lipinski definition) is 3. The second kappa shape index (κ2) is 12.5. The minimum absolute atomic E-state index is 0.127. The predicted molar refractivity (Wildman–Crippen MR) is 121 cm³/mol. The summed E-state index contributed by atoms with van der Waals surface area (Å²) in [7, 11) is -6.65. The third kappa shape index (κ3) is 9.75. The van der Waals surface area contributed by atoms with E-state index in [1.165, 1.54) is 18.2 Å². The summed E-state index contributed by atoms with van der Waals surface area (Å²) >= 11 is 0. The van der Waals surface area contributed by atoms with Gasteiger partial charge in [0.1, 0.15) is 5.25 Å². The minimum Gasteiger partial charge on any atom is -0.478 e. The highest BCUT2D eigenvalue weighted by Gasteiger charge is 2.26. The number of carbonyl (C=O) groups is 2. The van der Waals surface area contributed by atoms with Gasteiger partial charge in [0.25, 0.3) is 0 Å². The maximum atomic E-state index is 12.7. The molecule has 0 aliphatic carbocycles. The molecule has 1 fully saturated rings. The van der Waals surface area contributed by atoms with Crippen LogP contribution < -0.4 is 5.32 Å². The zero-order valence-corrected chi connectivity index (χ0v) is 19.4. The molecule has 178 valence electrons. The number of benzene rings is 1. The molecule has 32 heavy (non-hydrogen) atoms. The summed E-state index contributed by atoms with van der Waals surface area (Å²) in [5.74, 6) is -1.94. The summed E-state index contributed by atoms with van der Waals surface area (Å²) in [5.41, 5.74) is 0.558. The Balaban J connectivity index is 0.000000547. The molecule has 1 aliphatic rings. The summed E-state index contributed by atoms with van der Waals surface area (Å²) in [5, 5.41) is 18.1. The van der Waals surface area contributed by atoms with Crippen LogP contribution in [0.2, 0.25) is 0 Å². The van der Waals surface area contributed by atoms with Crippen LogP contribution in [-0.4, -0.2) is 64.1 Å². The van der Waals surface area contributed by atoms with Gasteiger partial charge in [-0.2, -0.15) is 0 Å². The Morgan fingerprint density at radius 2 is 1.56 bits per heavy atom. The Bertz CT molecular complexity index is 1010. The first-order chi connectivity index (χ1) is 14.9. The fourth-order valence-corrected chi connectivity index (χ4v) is 5.58. The average molecular weight is 488 g/mol. The normalized spacial score (nSPS) is 16.0. The van der Waals surface area contributed by atoms with Gasteiger partial charge < -0.3 is 15.5 Å². The summed E-state index contributed by atoms with van der Waals surface area (Å²) in [6.45, 7) is 5.56. The first-order valence-electron chi connectivity index (χ1n) is 9.85. The van der Waals surface area contributed by atoms with Crippen LogP contribution in [-0.2, 0) is 29.3 Å². The van der Waals surface area contributed by atoms with Gasteiger partial charge in [0.15, 0.2) is 19.7 Å². The van der Waals surface area contributed by atoms with Gasteiger partial charge >= 0.3 is 11.9 Å². The Morgan fingerprint density at radius 3 is 1.97 bits per heavy atom. The fraction of sp³-hybridized carbons (Fsp3) is 0.429. The van der Waals surface area contributed by atoms with Crippen LogP contribution in [0.5, 0.6) is 0 Å². The van der Waals surface area contributed by atoms with Crippen molar-refractivity contribution in [3.8, 4) is 0 Å². The van der Waals surface area contributed by atoms with E-state index in [1.807, 2.05) is 0 Å². The summed E-state index contributed by atoms with van der Waals surface area (Å²) in [6.07, 6.45) is 6.35. The van der Waals surface area contributed by atoms with Gasteiger partial charge in [0.2, 0.25) is 0 Å². The maximum Gasteiger partial charge on any atom is 0.328 e. The van der Waals surface area contributed by atoms with Gasteiger partial charge in [0.05, 0.1) is 10.6 Å². The van der Waals surface area contributed by atoms with Crippen LogP contribution in [0.4, 0.5) is 0 Å². The lowest BCUT2D eigenvalue weighted by Gasteiger charge is -2.23. The van der Waals surface area contributed by atoms with Crippen LogP contribution in [0.1, 0.15) is 30.1 Å². The number of carboxylic acids is 2. The van der Waals surface area contributed by atoms with E-state index in [0.717, 1.165) is 32.2 Å². The molecule has 1 aliphatic heterocycles. The topological polar surface area (TPSA) is 155 Å². The van der Waals surface area contributed by atoms with Crippen molar-refractivity contribution < 1.29 is 36.6 Å². The van der Waals surface area contributed by atoms with Crippen LogP contribution in [0.15, 0.2) is 54.0 Å². The number of aliphatic carboxylic acids is 2. The van der Waals surface area contributed by atoms with Crippen LogP contribution in [0.25, 0.3) is 0 Å². The molecule has 3 N–H and O–H groups in total. The van der Waals surface area contributed by atoms with E-state index < -0.39 is 36.9 Å². The first-order valence-corrected chi connectivity index (χ1v) is 13.5. The predicted octanol–water partition coefficient (Wildman–Crippen LogP) is 1.83. The number of piperidine rings is 1. The summed E-state index contributed by atoms with van der Waals surface area (Å²) in [4.78, 5) is 19.3. The SMILES string of the molecule is C=CC(c1ccc(S(C)(=O)=O)cc1)S(=O)(=O)CCC1CCNCC1.O=C(O)/C=C\C(=O)O. The molecular formula is C21H29NO8S2. The van der Waals surface area contributed by atoms with Crippen molar-refractivity contribution in [2.75, 3.05) is 25.1 Å². The molecule has 11 heteroatoms. The molecule has 0 saturated carbocycles. The number of hydrogen-bond acceptors (Lipinski definition) is 7. The van der Waals surface area contributed by atoms with E-state index in [-0.39, 0.29) is 10.6 Å². The van der Waals surface area contributed by atoms with Crippen LogP contribution in [0, 0.1) is 5.92 Å². The molecule has 0 amide bonds. The van der Waals surface area contributed by atoms with E-state index >= 15 is 0 Å². The Hall–Kier alpha value is -2.50. The molecule has 1 aromatic rings. The molecular weight excluding hydrogens is 458 g/mol. The van der Waals surface area contributed by atoms with Crippen molar-refractivity contribution in [3.63, 3.8) is 0 Å². The van der Waals surface area contributed by atoms with Crippen molar-refractivity contribution in [1.29, 1.82) is 0 Å².